The van der Waals surface area contributed by atoms with Crippen molar-refractivity contribution in [2.45, 2.75) is 69.2 Å². The highest BCUT2D eigenvalue weighted by Gasteiger charge is 2.44. The Balaban J connectivity index is 1.06. The van der Waals surface area contributed by atoms with Gasteiger partial charge in [-0.25, -0.2) is 4.79 Å². The predicted molar refractivity (Wildman–Crippen MR) is 146 cm³/mol. The number of nitrogens with zero attached hydrogens (tertiary/aromatic N) is 5. The largest absolute Gasteiger partial charge is 0.478 e. The normalized spacial score (nSPS) is 22.1. The third-order valence-electron chi connectivity index (χ3n) is 7.98. The van der Waals surface area contributed by atoms with Crippen LogP contribution in [0.1, 0.15) is 66.1 Å². The van der Waals surface area contributed by atoms with E-state index in [1.54, 1.807) is 18.2 Å². The molecule has 4 aromatic rings. The van der Waals surface area contributed by atoms with Gasteiger partial charge in [-0.1, -0.05) is 39.5 Å². The highest BCUT2D eigenvalue weighted by molar-refractivity contribution is 6.39. The maximum atomic E-state index is 11.1. The van der Waals surface area contributed by atoms with Gasteiger partial charge in [-0.05, 0) is 62.8 Å². The van der Waals surface area contributed by atoms with Gasteiger partial charge in [0.2, 0.25) is 0 Å². The van der Waals surface area contributed by atoms with Crippen LogP contribution in [-0.4, -0.2) is 49.6 Å². The summed E-state index contributed by atoms with van der Waals surface area (Å²) in [6, 6.07) is 9.33. The number of ether oxygens (including phenoxy) is 1. The second kappa shape index (κ2) is 10.2. The fourth-order valence-electron chi connectivity index (χ4n) is 5.90. The van der Waals surface area contributed by atoms with Crippen molar-refractivity contribution >= 4 is 35.2 Å². The van der Waals surface area contributed by atoms with Gasteiger partial charge in [-0.2, -0.15) is 0 Å². The van der Waals surface area contributed by atoms with Crippen LogP contribution in [0.2, 0.25) is 10.0 Å². The molecule has 2 saturated heterocycles. The van der Waals surface area contributed by atoms with Crippen molar-refractivity contribution in [3.63, 3.8) is 0 Å². The predicted octanol–water partition coefficient (Wildman–Crippen LogP) is 6.39. The van der Waals surface area contributed by atoms with Gasteiger partial charge in [0.1, 0.15) is 17.1 Å². The molecule has 1 N–H and O–H groups in total. The van der Waals surface area contributed by atoms with Crippen molar-refractivity contribution in [3.05, 3.63) is 63.5 Å². The number of hydrogen-bond acceptors (Lipinski definition) is 9. The molecule has 0 spiro atoms. The molecule has 1 aliphatic carbocycles. The lowest BCUT2D eigenvalue weighted by Gasteiger charge is -2.37. The number of benzene rings is 1. The lowest BCUT2D eigenvalue weighted by molar-refractivity contribution is 0.0139. The second-order valence-corrected chi connectivity index (χ2v) is 11.4. The third kappa shape index (κ3) is 4.63. The van der Waals surface area contributed by atoms with Crippen LogP contribution in [0.5, 0.6) is 0 Å². The third-order valence-corrected chi connectivity index (χ3v) is 8.61. The average Bonchev–Trinajstić information content (AvgIpc) is 3.42. The fraction of sp³-hybridized carbons (Fsp3) is 0.393. The topological polar surface area (TPSA) is 128 Å². The second-order valence-electron chi connectivity index (χ2n) is 10.6. The molecule has 2 aliphatic heterocycles. The first-order valence-electron chi connectivity index (χ1n) is 13.3. The van der Waals surface area contributed by atoms with Crippen molar-refractivity contribution in [1.82, 2.24) is 20.3 Å². The van der Waals surface area contributed by atoms with E-state index >= 15 is 0 Å². The van der Waals surface area contributed by atoms with E-state index in [0.29, 0.717) is 45.5 Å². The smallest absolute Gasteiger partial charge is 0.337 e. The highest BCUT2D eigenvalue weighted by Crippen LogP contribution is 2.47. The summed E-state index contributed by atoms with van der Waals surface area (Å²) < 4.78 is 18.3. The average molecular weight is 582 g/mol. The number of aromatic carboxylic acids is 1. The van der Waals surface area contributed by atoms with Gasteiger partial charge in [0.15, 0.2) is 0 Å². The summed E-state index contributed by atoms with van der Waals surface area (Å²) in [5.41, 5.74) is 2.79. The van der Waals surface area contributed by atoms with Crippen molar-refractivity contribution < 1.29 is 23.6 Å². The van der Waals surface area contributed by atoms with Crippen molar-refractivity contribution in [3.8, 4) is 22.8 Å². The van der Waals surface area contributed by atoms with Gasteiger partial charge in [-0.3, -0.25) is 4.98 Å². The summed E-state index contributed by atoms with van der Waals surface area (Å²) in [6.07, 6.45) is 7.15. The lowest BCUT2D eigenvalue weighted by Crippen LogP contribution is -2.45. The van der Waals surface area contributed by atoms with Gasteiger partial charge in [0.25, 0.3) is 5.89 Å². The van der Waals surface area contributed by atoms with E-state index < -0.39 is 5.97 Å². The first-order valence-corrected chi connectivity index (χ1v) is 14.1. The number of pyridine rings is 1. The Morgan fingerprint density at radius 3 is 2.45 bits per heavy atom. The molecule has 10 nitrogen and oxygen atoms in total. The lowest BCUT2D eigenvalue weighted by atomic mass is 10.00. The van der Waals surface area contributed by atoms with Crippen LogP contribution in [0.4, 0.5) is 6.01 Å². The minimum Gasteiger partial charge on any atom is -0.478 e. The van der Waals surface area contributed by atoms with Crippen LogP contribution in [0.25, 0.3) is 22.8 Å². The highest BCUT2D eigenvalue weighted by atomic mass is 35.5. The molecule has 2 bridgehead atoms. The molecule has 3 fully saturated rings. The number of carboxylic acids is 1. The molecule has 3 atom stereocenters. The first kappa shape index (κ1) is 25.5. The Kier molecular flexibility index (Phi) is 6.48. The standard InChI is InChI=1S/C28H25Cl2N5O5/c29-20-2-1-3-21(30)23(20)24-19(25(40-34-24)14-4-5-14)13-38-18-10-16-7-8-17(11-18)35(16)28-33-32-26(39-28)22-9-6-15(12-31-22)27(36)37/h1-3,6,9,12,14,16-18H,4-5,7-8,10-11,13H2,(H,36,37)/t16-,17+,18?. The van der Waals surface area contributed by atoms with Crippen LogP contribution >= 0.6 is 23.2 Å². The van der Waals surface area contributed by atoms with Crippen LogP contribution in [0.3, 0.4) is 0 Å². The van der Waals surface area contributed by atoms with Crippen LogP contribution < -0.4 is 4.90 Å². The molecular weight excluding hydrogens is 557 g/mol. The maximum Gasteiger partial charge on any atom is 0.337 e. The summed E-state index contributed by atoms with van der Waals surface area (Å²) in [5, 5.41) is 23.0. The van der Waals surface area contributed by atoms with Crippen molar-refractivity contribution in [2.24, 2.45) is 0 Å². The summed E-state index contributed by atoms with van der Waals surface area (Å²) in [6.45, 7) is 0.374. The summed E-state index contributed by atoms with van der Waals surface area (Å²) in [5.74, 6) is 0.453. The van der Waals surface area contributed by atoms with Crippen molar-refractivity contribution in [2.75, 3.05) is 4.90 Å². The Labute approximate surface area is 239 Å². The zero-order chi connectivity index (χ0) is 27.4. The number of anilines is 1. The zero-order valence-corrected chi connectivity index (χ0v) is 22.8. The number of rotatable bonds is 8. The summed E-state index contributed by atoms with van der Waals surface area (Å²) >= 11 is 13.0. The van der Waals surface area contributed by atoms with Gasteiger partial charge in [0, 0.05) is 35.3 Å². The molecule has 1 unspecified atom stereocenters. The van der Waals surface area contributed by atoms with E-state index in [2.05, 4.69) is 25.2 Å². The van der Waals surface area contributed by atoms with E-state index in [9.17, 15) is 4.79 Å². The SMILES string of the molecule is O=C(O)c1ccc(-c2nnc(N3[C@@H]4CC[C@H]3CC(OCc3c(-c5c(Cl)cccc5Cl)noc3C3CC3)C4)o2)nc1. The maximum absolute atomic E-state index is 11.1. The molecule has 1 saturated carbocycles. The van der Waals surface area contributed by atoms with E-state index in [1.165, 1.54) is 12.3 Å². The number of halogens is 2. The van der Waals surface area contributed by atoms with Crippen LogP contribution in [-0.2, 0) is 11.3 Å². The Morgan fingerprint density at radius 1 is 1.05 bits per heavy atom. The quantitative estimate of drug-likeness (QED) is 0.250. The number of carboxylic acid groups (broad SMARTS) is 1. The van der Waals surface area contributed by atoms with Crippen LogP contribution in [0, 0.1) is 0 Å². The molecule has 1 aromatic carbocycles. The van der Waals surface area contributed by atoms with Gasteiger partial charge >= 0.3 is 12.0 Å². The molecular formula is C28H25Cl2N5O5. The minimum atomic E-state index is -1.04. The molecule has 40 heavy (non-hydrogen) atoms. The monoisotopic (exact) mass is 581 g/mol. The Bertz CT molecular complexity index is 1530. The zero-order valence-electron chi connectivity index (χ0n) is 21.3. The fourth-order valence-corrected chi connectivity index (χ4v) is 6.47. The van der Waals surface area contributed by atoms with E-state index in [4.69, 9.17) is 42.0 Å². The molecule has 3 aliphatic rings. The molecule has 206 valence electrons. The summed E-state index contributed by atoms with van der Waals surface area (Å²) in [4.78, 5) is 17.5. The minimum absolute atomic E-state index is 0.0536. The van der Waals surface area contributed by atoms with E-state index in [1.807, 2.05) is 6.07 Å². The first-order chi connectivity index (χ1) is 19.5. The molecule has 5 heterocycles. The van der Waals surface area contributed by atoms with Gasteiger partial charge in [-0.15, -0.1) is 5.10 Å². The van der Waals surface area contributed by atoms with Gasteiger partial charge < -0.3 is 23.7 Å². The van der Waals surface area contributed by atoms with E-state index in [-0.39, 0.29) is 29.6 Å². The number of fused-ring (bicyclic) bond motifs is 2. The van der Waals surface area contributed by atoms with Crippen LogP contribution in [0.15, 0.2) is 45.5 Å². The molecule has 7 rings (SSSR count). The summed E-state index contributed by atoms with van der Waals surface area (Å²) in [7, 11) is 0. The van der Waals surface area contributed by atoms with Crippen molar-refractivity contribution in [1.29, 1.82) is 0 Å². The molecule has 0 amide bonds. The van der Waals surface area contributed by atoms with Gasteiger partial charge in [0.05, 0.1) is 28.3 Å². The number of hydrogen-bond donors (Lipinski definition) is 1. The number of aromatic nitrogens is 4. The molecule has 0 radical (unpaired) electrons. The van der Waals surface area contributed by atoms with E-state index in [0.717, 1.165) is 49.8 Å². The Hall–Kier alpha value is -3.47. The molecule has 3 aromatic heterocycles. The number of carbonyl (C=O) groups is 1. The number of piperidine rings is 1. The Morgan fingerprint density at radius 2 is 1.80 bits per heavy atom. The molecule has 12 heteroatoms.